The van der Waals surface area contributed by atoms with E-state index in [2.05, 4.69) is 5.32 Å². The van der Waals surface area contributed by atoms with Crippen LogP contribution in [0, 0.1) is 0 Å². The van der Waals surface area contributed by atoms with Gasteiger partial charge in [0.05, 0.1) is 18.9 Å². The molecule has 1 atom stereocenters. The molecule has 6 heteroatoms. The maximum atomic E-state index is 11.8. The van der Waals surface area contributed by atoms with Gasteiger partial charge < -0.3 is 19.7 Å². The van der Waals surface area contributed by atoms with Crippen molar-refractivity contribution in [1.29, 1.82) is 0 Å². The van der Waals surface area contributed by atoms with Gasteiger partial charge in [-0.3, -0.25) is 5.32 Å². The number of carbonyl (C=O) groups is 1. The van der Waals surface area contributed by atoms with Gasteiger partial charge in [-0.05, 0) is 58.2 Å². The second-order valence-corrected chi connectivity index (χ2v) is 6.21. The number of phenolic OH excluding ortho intramolecular Hbond substituents is 1. The van der Waals surface area contributed by atoms with E-state index in [0.717, 1.165) is 5.56 Å². The van der Waals surface area contributed by atoms with Crippen LogP contribution in [0.5, 0.6) is 11.5 Å². The molecule has 0 fully saturated rings. The summed E-state index contributed by atoms with van der Waals surface area (Å²) in [5, 5.41) is 22.0. The summed E-state index contributed by atoms with van der Waals surface area (Å²) in [7, 11) is 1.44. The average Bonchev–Trinajstić information content (AvgIpc) is 2.37. The number of nitrogens with one attached hydrogen (secondary N) is 1. The molecule has 1 rings (SSSR count). The number of anilines is 1. The molecule has 0 radical (unpaired) electrons. The van der Waals surface area contributed by atoms with E-state index in [4.69, 9.17) is 9.47 Å². The number of carbonyl (C=O) groups excluding carboxylic acids is 1. The first-order valence-electron chi connectivity index (χ1n) is 7.20. The van der Waals surface area contributed by atoms with E-state index >= 15 is 0 Å². The van der Waals surface area contributed by atoms with Crippen LogP contribution < -0.4 is 10.1 Å². The third-order valence-electron chi connectivity index (χ3n) is 2.84. The largest absolute Gasteiger partial charge is 0.503 e. The average molecular weight is 311 g/mol. The molecule has 0 aliphatic rings. The Morgan fingerprint density at radius 2 is 2.00 bits per heavy atom. The lowest BCUT2D eigenvalue weighted by atomic mass is 10.1. The Hall–Kier alpha value is -1.95. The van der Waals surface area contributed by atoms with E-state index < -0.39 is 17.8 Å². The zero-order valence-electron chi connectivity index (χ0n) is 13.8. The topological polar surface area (TPSA) is 88.0 Å². The van der Waals surface area contributed by atoms with Crippen LogP contribution in [0.25, 0.3) is 0 Å². The molecular weight excluding hydrogens is 286 g/mol. The molecule has 6 nitrogen and oxygen atoms in total. The highest BCUT2D eigenvalue weighted by Gasteiger charge is 2.19. The molecule has 1 aromatic rings. The third-order valence-corrected chi connectivity index (χ3v) is 2.84. The maximum Gasteiger partial charge on any atom is 0.412 e. The number of aryl methyl sites for hydroxylation is 1. The summed E-state index contributed by atoms with van der Waals surface area (Å²) >= 11 is 0. The molecule has 1 unspecified atom stereocenters. The molecule has 0 aliphatic heterocycles. The van der Waals surface area contributed by atoms with Crippen molar-refractivity contribution < 1.29 is 24.5 Å². The maximum absolute atomic E-state index is 11.8. The predicted octanol–water partition coefficient (Wildman–Crippen LogP) is 3.06. The van der Waals surface area contributed by atoms with Gasteiger partial charge in [0.25, 0.3) is 0 Å². The molecule has 22 heavy (non-hydrogen) atoms. The van der Waals surface area contributed by atoms with Crippen LogP contribution in [0.15, 0.2) is 12.1 Å². The van der Waals surface area contributed by atoms with Crippen LogP contribution in [-0.2, 0) is 11.2 Å². The molecular formula is C16H25NO5. The Balaban J connectivity index is 2.96. The monoisotopic (exact) mass is 311 g/mol. The van der Waals surface area contributed by atoms with E-state index in [-0.39, 0.29) is 17.2 Å². The van der Waals surface area contributed by atoms with E-state index in [9.17, 15) is 15.0 Å². The molecule has 3 N–H and O–H groups in total. The lowest BCUT2D eigenvalue weighted by molar-refractivity contribution is 0.0635. The Labute approximate surface area is 131 Å². The number of benzene rings is 1. The van der Waals surface area contributed by atoms with Gasteiger partial charge in [-0.15, -0.1) is 0 Å². The van der Waals surface area contributed by atoms with Gasteiger partial charge in [0.15, 0.2) is 11.5 Å². The van der Waals surface area contributed by atoms with Crippen LogP contribution in [0.1, 0.15) is 39.7 Å². The highest BCUT2D eigenvalue weighted by molar-refractivity contribution is 5.88. The van der Waals surface area contributed by atoms with Gasteiger partial charge >= 0.3 is 6.09 Å². The molecule has 0 aromatic heterocycles. The predicted molar refractivity (Wildman–Crippen MR) is 84.5 cm³/mol. The second-order valence-electron chi connectivity index (χ2n) is 6.21. The second kappa shape index (κ2) is 7.35. The molecule has 0 heterocycles. The number of aromatic hydroxyl groups is 1. The first-order chi connectivity index (χ1) is 10.1. The standard InChI is InChI=1S/C16H25NO5/c1-10(18)6-7-11-8-12(14(19)13(9-11)21-5)17-15(20)22-16(2,3)4/h8-10,18-19H,6-7H2,1-5H3,(H,17,20). The fourth-order valence-electron chi connectivity index (χ4n) is 1.85. The summed E-state index contributed by atoms with van der Waals surface area (Å²) in [4.78, 5) is 11.8. The highest BCUT2D eigenvalue weighted by Crippen LogP contribution is 2.36. The fourth-order valence-corrected chi connectivity index (χ4v) is 1.85. The van der Waals surface area contributed by atoms with Crippen LogP contribution in [-0.4, -0.2) is 35.1 Å². The van der Waals surface area contributed by atoms with Gasteiger partial charge in [0.2, 0.25) is 0 Å². The zero-order valence-corrected chi connectivity index (χ0v) is 13.8. The number of aliphatic hydroxyl groups excluding tert-OH is 1. The minimum Gasteiger partial charge on any atom is -0.503 e. The Morgan fingerprint density at radius 3 is 2.50 bits per heavy atom. The molecule has 1 amide bonds. The van der Waals surface area contributed by atoms with E-state index in [0.29, 0.717) is 12.8 Å². The van der Waals surface area contributed by atoms with Crippen molar-refractivity contribution in [2.24, 2.45) is 0 Å². The third kappa shape index (κ3) is 5.81. The summed E-state index contributed by atoms with van der Waals surface area (Å²) in [5.41, 5.74) is 0.420. The fraction of sp³-hybridized carbons (Fsp3) is 0.562. The first-order valence-corrected chi connectivity index (χ1v) is 7.20. The molecule has 0 spiro atoms. The van der Waals surface area contributed by atoms with Crippen molar-refractivity contribution >= 4 is 11.8 Å². The van der Waals surface area contributed by atoms with Crippen molar-refractivity contribution in [3.05, 3.63) is 17.7 Å². The van der Waals surface area contributed by atoms with Crippen molar-refractivity contribution in [3.63, 3.8) is 0 Å². The lowest BCUT2D eigenvalue weighted by Gasteiger charge is -2.20. The summed E-state index contributed by atoms with van der Waals surface area (Å²) < 4.78 is 10.3. The van der Waals surface area contributed by atoms with Crippen molar-refractivity contribution in [2.45, 2.75) is 52.2 Å². The van der Waals surface area contributed by atoms with E-state index in [1.54, 1.807) is 39.8 Å². The zero-order chi connectivity index (χ0) is 16.9. The van der Waals surface area contributed by atoms with Crippen LogP contribution in [0.2, 0.25) is 0 Å². The van der Waals surface area contributed by atoms with Crippen LogP contribution >= 0.6 is 0 Å². The lowest BCUT2D eigenvalue weighted by Crippen LogP contribution is -2.27. The Bertz CT molecular complexity index is 520. The number of hydrogen-bond donors (Lipinski definition) is 3. The number of methoxy groups -OCH3 is 1. The van der Waals surface area contributed by atoms with Gasteiger partial charge in [0, 0.05) is 0 Å². The van der Waals surface area contributed by atoms with Crippen molar-refractivity contribution in [2.75, 3.05) is 12.4 Å². The highest BCUT2D eigenvalue weighted by atomic mass is 16.6. The molecule has 124 valence electrons. The van der Waals surface area contributed by atoms with Gasteiger partial charge in [0.1, 0.15) is 5.60 Å². The Morgan fingerprint density at radius 1 is 1.36 bits per heavy atom. The SMILES string of the molecule is COc1cc(CCC(C)O)cc(NC(=O)OC(C)(C)C)c1O. The van der Waals surface area contributed by atoms with Crippen molar-refractivity contribution in [1.82, 2.24) is 0 Å². The summed E-state index contributed by atoms with van der Waals surface area (Å²) in [5.74, 6) is 0.100. The summed E-state index contributed by atoms with van der Waals surface area (Å²) in [6.07, 6.45) is 0.0801. The molecule has 1 aromatic carbocycles. The number of phenols is 1. The quantitative estimate of drug-likeness (QED) is 0.727. The van der Waals surface area contributed by atoms with Crippen LogP contribution in [0.3, 0.4) is 0 Å². The van der Waals surface area contributed by atoms with Gasteiger partial charge in [-0.2, -0.15) is 0 Å². The first kappa shape index (κ1) is 18.1. The number of rotatable bonds is 5. The van der Waals surface area contributed by atoms with E-state index in [1.807, 2.05) is 0 Å². The van der Waals surface area contributed by atoms with Gasteiger partial charge in [-0.25, -0.2) is 4.79 Å². The summed E-state index contributed by atoms with van der Waals surface area (Å²) in [6, 6.07) is 3.32. The molecule has 0 saturated heterocycles. The Kier molecular flexibility index (Phi) is 6.05. The number of hydrogen-bond acceptors (Lipinski definition) is 5. The minimum absolute atomic E-state index is 0.158. The van der Waals surface area contributed by atoms with Crippen LogP contribution in [0.4, 0.5) is 10.5 Å². The van der Waals surface area contributed by atoms with E-state index in [1.165, 1.54) is 7.11 Å². The van der Waals surface area contributed by atoms with Crippen molar-refractivity contribution in [3.8, 4) is 11.5 Å². The molecule has 0 aliphatic carbocycles. The minimum atomic E-state index is -0.655. The normalized spacial score (nSPS) is 12.6. The van der Waals surface area contributed by atoms with Gasteiger partial charge in [-0.1, -0.05) is 0 Å². The molecule has 0 saturated carbocycles. The summed E-state index contributed by atoms with van der Waals surface area (Å²) in [6.45, 7) is 6.97. The smallest absolute Gasteiger partial charge is 0.412 e. The number of amides is 1. The number of ether oxygens (including phenoxy) is 2. The molecule has 0 bridgehead atoms. The number of aliphatic hydroxyl groups is 1.